The lowest BCUT2D eigenvalue weighted by molar-refractivity contribution is 0.602. The van der Waals surface area contributed by atoms with Crippen LogP contribution in [0.25, 0.3) is 0 Å². The lowest BCUT2D eigenvalue weighted by atomic mass is 10.2. The van der Waals surface area contributed by atoms with E-state index in [0.29, 0.717) is 18.7 Å². The van der Waals surface area contributed by atoms with Crippen LogP contribution in [0.5, 0.6) is 0 Å². The monoisotopic (exact) mass is 345 g/mol. The highest BCUT2D eigenvalue weighted by atomic mass is 79.9. The molecule has 0 spiro atoms. The van der Waals surface area contributed by atoms with E-state index in [-0.39, 0.29) is 17.8 Å². The van der Waals surface area contributed by atoms with E-state index in [1.54, 1.807) is 4.57 Å². The van der Waals surface area contributed by atoms with Crippen molar-refractivity contribution >= 4 is 15.9 Å². The molecular weight excluding hydrogens is 334 g/mol. The number of hydrogen-bond donors (Lipinski definition) is 0. The van der Waals surface area contributed by atoms with Crippen molar-refractivity contribution in [1.29, 1.82) is 5.26 Å². The van der Waals surface area contributed by atoms with Crippen LogP contribution in [0.3, 0.4) is 0 Å². The zero-order valence-electron chi connectivity index (χ0n) is 11.2. The van der Waals surface area contributed by atoms with Gasteiger partial charge in [0.15, 0.2) is 0 Å². The molecule has 5 nitrogen and oxygen atoms in total. The van der Waals surface area contributed by atoms with Crippen molar-refractivity contribution in [3.63, 3.8) is 0 Å². The Kier molecular flexibility index (Phi) is 3.52. The first kappa shape index (κ1) is 13.8. The second kappa shape index (κ2) is 5.34. The molecule has 6 heteroatoms. The highest BCUT2D eigenvalue weighted by molar-refractivity contribution is 9.10. The summed E-state index contributed by atoms with van der Waals surface area (Å²) in [6.07, 6.45) is 1.41. The minimum atomic E-state index is -0.490. The van der Waals surface area contributed by atoms with Gasteiger partial charge in [-0.2, -0.15) is 5.26 Å². The number of halogens is 1. The highest BCUT2D eigenvalue weighted by Crippen LogP contribution is 2.15. The molecule has 0 unspecified atom stereocenters. The van der Waals surface area contributed by atoms with E-state index in [2.05, 4.69) is 15.9 Å². The first-order valence-electron chi connectivity index (χ1n) is 6.63. The van der Waals surface area contributed by atoms with E-state index in [4.69, 9.17) is 0 Å². The summed E-state index contributed by atoms with van der Waals surface area (Å²) >= 11 is 3.37. The predicted octanol–water partition coefficient (Wildman–Crippen LogP) is 1.64. The molecule has 1 aromatic carbocycles. The number of nitriles is 1. The number of hydrogen-bond acceptors (Lipinski definition) is 3. The lowest BCUT2D eigenvalue weighted by Crippen LogP contribution is -2.41. The van der Waals surface area contributed by atoms with E-state index in [9.17, 15) is 14.9 Å². The minimum Gasteiger partial charge on any atom is -0.296 e. The van der Waals surface area contributed by atoms with Gasteiger partial charge in [-0.15, -0.1) is 0 Å². The molecule has 0 fully saturated rings. The van der Waals surface area contributed by atoms with Crippen molar-refractivity contribution in [3.05, 3.63) is 66.4 Å². The molecular formula is C15H12BrN3O2. The quantitative estimate of drug-likeness (QED) is 0.830. The van der Waals surface area contributed by atoms with Crippen molar-refractivity contribution in [1.82, 2.24) is 9.13 Å². The Morgan fingerprint density at radius 2 is 2.14 bits per heavy atom. The van der Waals surface area contributed by atoms with Crippen LogP contribution < -0.4 is 11.2 Å². The summed E-state index contributed by atoms with van der Waals surface area (Å²) in [4.78, 5) is 24.8. The standard InChI is InChI=1S/C15H12BrN3O2/c16-11-4-1-3-10(7-11)9-19-14(20)12(8-17)13-5-2-6-18(13)15(19)21/h1,3-4,7H,2,5-6,9H2. The van der Waals surface area contributed by atoms with E-state index >= 15 is 0 Å². The second-order valence-electron chi connectivity index (χ2n) is 4.99. The average Bonchev–Trinajstić information content (AvgIpc) is 2.93. The maximum absolute atomic E-state index is 12.4. The summed E-state index contributed by atoms with van der Waals surface area (Å²) in [5, 5.41) is 9.22. The Balaban J connectivity index is 2.18. The van der Waals surface area contributed by atoms with Gasteiger partial charge in [0.05, 0.1) is 6.54 Å². The normalized spacial score (nSPS) is 13.0. The van der Waals surface area contributed by atoms with Crippen molar-refractivity contribution in [2.75, 3.05) is 0 Å². The highest BCUT2D eigenvalue weighted by Gasteiger charge is 2.22. The van der Waals surface area contributed by atoms with Gasteiger partial charge in [-0.05, 0) is 30.5 Å². The van der Waals surface area contributed by atoms with Crippen LogP contribution in [0.1, 0.15) is 23.2 Å². The number of rotatable bonds is 2. The molecule has 0 atom stereocenters. The van der Waals surface area contributed by atoms with Crippen molar-refractivity contribution in [3.8, 4) is 6.07 Å². The fourth-order valence-electron chi connectivity index (χ4n) is 2.71. The van der Waals surface area contributed by atoms with Crippen LogP contribution >= 0.6 is 15.9 Å². The lowest BCUT2D eigenvalue weighted by Gasteiger charge is -2.11. The third-order valence-electron chi connectivity index (χ3n) is 3.67. The van der Waals surface area contributed by atoms with E-state index in [0.717, 1.165) is 21.0 Å². The first-order valence-corrected chi connectivity index (χ1v) is 7.42. The fourth-order valence-corrected chi connectivity index (χ4v) is 3.15. The minimum absolute atomic E-state index is 0.0992. The molecule has 106 valence electrons. The van der Waals surface area contributed by atoms with Gasteiger partial charge >= 0.3 is 5.69 Å². The van der Waals surface area contributed by atoms with Gasteiger partial charge in [0.25, 0.3) is 5.56 Å². The zero-order valence-corrected chi connectivity index (χ0v) is 12.8. The molecule has 1 aliphatic rings. The Morgan fingerprint density at radius 1 is 1.33 bits per heavy atom. The molecule has 0 saturated carbocycles. The molecule has 0 amide bonds. The molecule has 2 heterocycles. The molecule has 0 radical (unpaired) electrons. The van der Waals surface area contributed by atoms with Gasteiger partial charge in [-0.25, -0.2) is 4.79 Å². The maximum atomic E-state index is 12.4. The number of aromatic nitrogens is 2. The smallest absolute Gasteiger partial charge is 0.296 e. The number of fused-ring (bicyclic) bond motifs is 1. The van der Waals surface area contributed by atoms with Crippen molar-refractivity contribution < 1.29 is 0 Å². The van der Waals surface area contributed by atoms with Crippen LogP contribution in [-0.2, 0) is 19.5 Å². The van der Waals surface area contributed by atoms with Crippen LogP contribution in [0.2, 0.25) is 0 Å². The largest absolute Gasteiger partial charge is 0.331 e. The molecule has 3 rings (SSSR count). The summed E-state index contributed by atoms with van der Waals surface area (Å²) in [6, 6.07) is 9.39. The summed E-state index contributed by atoms with van der Waals surface area (Å²) in [5.41, 5.74) is 0.702. The van der Waals surface area contributed by atoms with Gasteiger partial charge in [0.1, 0.15) is 11.6 Å². The van der Waals surface area contributed by atoms with Crippen LogP contribution in [0.15, 0.2) is 38.3 Å². The second-order valence-corrected chi connectivity index (χ2v) is 5.91. The molecule has 0 aliphatic carbocycles. The van der Waals surface area contributed by atoms with E-state index < -0.39 is 5.56 Å². The summed E-state index contributed by atoms with van der Waals surface area (Å²) in [5.74, 6) is 0. The molecule has 0 bridgehead atoms. The third kappa shape index (κ3) is 2.34. The Hall–Kier alpha value is -2.13. The average molecular weight is 346 g/mol. The van der Waals surface area contributed by atoms with Crippen molar-refractivity contribution in [2.24, 2.45) is 0 Å². The van der Waals surface area contributed by atoms with Crippen LogP contribution in [0.4, 0.5) is 0 Å². The summed E-state index contributed by atoms with van der Waals surface area (Å²) < 4.78 is 3.59. The van der Waals surface area contributed by atoms with Crippen molar-refractivity contribution in [2.45, 2.75) is 25.9 Å². The van der Waals surface area contributed by atoms with Gasteiger partial charge in [-0.3, -0.25) is 13.9 Å². The Labute approximate surface area is 129 Å². The zero-order chi connectivity index (χ0) is 15.0. The van der Waals surface area contributed by atoms with E-state index in [1.165, 1.54) is 0 Å². The molecule has 2 aromatic rings. The molecule has 0 saturated heterocycles. The first-order chi connectivity index (χ1) is 10.1. The maximum Gasteiger partial charge on any atom is 0.331 e. The third-order valence-corrected chi connectivity index (χ3v) is 4.17. The van der Waals surface area contributed by atoms with E-state index in [1.807, 2.05) is 30.3 Å². The van der Waals surface area contributed by atoms with Crippen LogP contribution in [0, 0.1) is 11.3 Å². The number of benzene rings is 1. The number of nitrogens with zero attached hydrogens (tertiary/aromatic N) is 3. The molecule has 21 heavy (non-hydrogen) atoms. The van der Waals surface area contributed by atoms with Gasteiger partial charge in [0, 0.05) is 16.7 Å². The summed E-state index contributed by atoms with van der Waals surface area (Å²) in [6.45, 7) is 0.744. The Bertz CT molecular complexity index is 874. The topological polar surface area (TPSA) is 67.8 Å². The fraction of sp³-hybridized carbons (Fsp3) is 0.267. The molecule has 0 N–H and O–H groups in total. The Morgan fingerprint density at radius 3 is 2.86 bits per heavy atom. The SMILES string of the molecule is N#Cc1c2n(c(=O)n(Cc3cccc(Br)c3)c1=O)CCC2. The predicted molar refractivity (Wildman–Crippen MR) is 81.2 cm³/mol. The van der Waals surface area contributed by atoms with Crippen LogP contribution in [-0.4, -0.2) is 9.13 Å². The van der Waals surface area contributed by atoms with Gasteiger partial charge < -0.3 is 0 Å². The van der Waals surface area contributed by atoms with Gasteiger partial charge in [-0.1, -0.05) is 28.1 Å². The summed E-state index contributed by atoms with van der Waals surface area (Å²) in [7, 11) is 0. The van der Waals surface area contributed by atoms with Gasteiger partial charge in [0.2, 0.25) is 0 Å². The molecule has 1 aliphatic heterocycles. The molecule has 1 aromatic heterocycles.